The summed E-state index contributed by atoms with van der Waals surface area (Å²) in [5.74, 6) is 0.772. The van der Waals surface area contributed by atoms with Crippen LogP contribution in [-0.2, 0) is 6.54 Å². The molecule has 124 valence electrons. The van der Waals surface area contributed by atoms with Crippen molar-refractivity contribution in [2.24, 2.45) is 4.99 Å². The molecule has 1 aromatic heterocycles. The maximum atomic E-state index is 12.3. The molecule has 2 N–H and O–H groups in total. The monoisotopic (exact) mass is 331 g/mol. The van der Waals surface area contributed by atoms with Gasteiger partial charge in [0.15, 0.2) is 0 Å². The number of benzene rings is 2. The quantitative estimate of drug-likeness (QED) is 0.716. The van der Waals surface area contributed by atoms with E-state index in [0.29, 0.717) is 30.7 Å². The number of hydrogen-bond donors (Lipinski definition) is 2. The largest absolute Gasteiger partial charge is 0.368 e. The van der Waals surface area contributed by atoms with Crippen LogP contribution in [-0.4, -0.2) is 34.8 Å². The molecule has 2 heterocycles. The van der Waals surface area contributed by atoms with Crippen molar-refractivity contribution in [2.45, 2.75) is 6.54 Å². The summed E-state index contributed by atoms with van der Waals surface area (Å²) in [7, 11) is 0. The number of rotatable bonds is 4. The average Bonchev–Trinajstić information content (AvgIpc) is 3.08. The van der Waals surface area contributed by atoms with Crippen molar-refractivity contribution < 1.29 is 4.79 Å². The van der Waals surface area contributed by atoms with Crippen LogP contribution in [0, 0.1) is 0 Å². The Morgan fingerprint density at radius 1 is 1.00 bits per heavy atom. The van der Waals surface area contributed by atoms with Gasteiger partial charge in [-0.25, -0.2) is 0 Å². The standard InChI is InChI=1S/C19H17N5O/c25-19(13-5-6-16-17(11-13)21-8-7-20-16)23-10-9-22-18-15-4-2-1-3-14(15)12-24-18/h1-8,11H,9-10,12H2,(H,22,24)(H,23,25). The van der Waals surface area contributed by atoms with E-state index < -0.39 is 0 Å². The number of carbonyl (C=O) groups is 1. The topological polar surface area (TPSA) is 79.3 Å². The lowest BCUT2D eigenvalue weighted by Crippen LogP contribution is -2.34. The van der Waals surface area contributed by atoms with Crippen molar-refractivity contribution in [1.29, 1.82) is 0 Å². The summed E-state index contributed by atoms with van der Waals surface area (Å²) in [6, 6.07) is 13.5. The number of hydrogen-bond acceptors (Lipinski definition) is 5. The lowest BCUT2D eigenvalue weighted by molar-refractivity contribution is 0.0954. The molecule has 3 aromatic rings. The zero-order chi connectivity index (χ0) is 17.1. The van der Waals surface area contributed by atoms with Gasteiger partial charge in [-0.05, 0) is 23.8 Å². The number of nitrogens with zero attached hydrogens (tertiary/aromatic N) is 3. The average molecular weight is 331 g/mol. The van der Waals surface area contributed by atoms with E-state index in [1.165, 1.54) is 5.56 Å². The van der Waals surface area contributed by atoms with E-state index in [0.717, 1.165) is 16.9 Å². The van der Waals surface area contributed by atoms with Crippen LogP contribution < -0.4 is 10.6 Å². The third-order valence-electron chi connectivity index (χ3n) is 4.11. The van der Waals surface area contributed by atoms with Gasteiger partial charge in [0.05, 0.1) is 17.6 Å². The van der Waals surface area contributed by atoms with Crippen molar-refractivity contribution >= 4 is 22.8 Å². The Kier molecular flexibility index (Phi) is 4.08. The molecule has 2 aromatic carbocycles. The van der Waals surface area contributed by atoms with Crippen LogP contribution in [0.4, 0.5) is 0 Å². The SMILES string of the molecule is O=C(NCCNC1=NCc2ccccc21)c1ccc2nccnc2c1. The van der Waals surface area contributed by atoms with E-state index in [2.05, 4.69) is 37.7 Å². The summed E-state index contributed by atoms with van der Waals surface area (Å²) in [4.78, 5) is 25.2. The van der Waals surface area contributed by atoms with Crippen molar-refractivity contribution in [1.82, 2.24) is 20.6 Å². The fourth-order valence-electron chi connectivity index (χ4n) is 2.85. The maximum Gasteiger partial charge on any atom is 0.251 e. The molecule has 0 unspecified atom stereocenters. The van der Waals surface area contributed by atoms with Gasteiger partial charge in [-0.3, -0.25) is 19.8 Å². The molecule has 25 heavy (non-hydrogen) atoms. The highest BCUT2D eigenvalue weighted by molar-refractivity contribution is 6.02. The summed E-state index contributed by atoms with van der Waals surface area (Å²) >= 11 is 0. The van der Waals surface area contributed by atoms with E-state index in [1.807, 2.05) is 12.1 Å². The lowest BCUT2D eigenvalue weighted by Gasteiger charge is -2.09. The van der Waals surface area contributed by atoms with Gasteiger partial charge in [-0.1, -0.05) is 24.3 Å². The van der Waals surface area contributed by atoms with Crippen LogP contribution in [0.3, 0.4) is 0 Å². The van der Waals surface area contributed by atoms with Crippen molar-refractivity contribution in [3.8, 4) is 0 Å². The maximum absolute atomic E-state index is 12.3. The minimum Gasteiger partial charge on any atom is -0.368 e. The van der Waals surface area contributed by atoms with E-state index in [9.17, 15) is 4.79 Å². The first-order valence-corrected chi connectivity index (χ1v) is 8.17. The highest BCUT2D eigenvalue weighted by Gasteiger charge is 2.14. The number of carbonyl (C=O) groups excluding carboxylic acids is 1. The van der Waals surface area contributed by atoms with Crippen molar-refractivity contribution in [2.75, 3.05) is 13.1 Å². The van der Waals surface area contributed by atoms with Gasteiger partial charge >= 0.3 is 0 Å². The van der Waals surface area contributed by atoms with Gasteiger partial charge in [-0.2, -0.15) is 0 Å². The molecule has 0 spiro atoms. The van der Waals surface area contributed by atoms with E-state index >= 15 is 0 Å². The highest BCUT2D eigenvalue weighted by Crippen LogP contribution is 2.16. The van der Waals surface area contributed by atoms with Crippen LogP contribution in [0.2, 0.25) is 0 Å². The molecule has 1 aliphatic rings. The summed E-state index contributed by atoms with van der Waals surface area (Å²) in [5.41, 5.74) is 4.44. The molecule has 1 amide bonds. The second-order valence-corrected chi connectivity index (χ2v) is 5.76. The predicted octanol–water partition coefficient (Wildman–Crippen LogP) is 1.91. The van der Waals surface area contributed by atoms with Gasteiger partial charge in [0.25, 0.3) is 5.91 Å². The first kappa shape index (κ1) is 15.3. The molecule has 0 bridgehead atoms. The van der Waals surface area contributed by atoms with Crippen molar-refractivity contribution in [3.05, 3.63) is 71.5 Å². The minimum absolute atomic E-state index is 0.122. The molecule has 0 atom stereocenters. The number of amides is 1. The summed E-state index contributed by atoms with van der Waals surface area (Å²) < 4.78 is 0. The Hall–Kier alpha value is -3.28. The number of aliphatic imine (C=N–C) groups is 1. The zero-order valence-corrected chi connectivity index (χ0v) is 13.6. The van der Waals surface area contributed by atoms with Gasteiger partial charge in [-0.15, -0.1) is 0 Å². The Labute approximate surface area is 145 Å². The number of nitrogens with one attached hydrogen (secondary N) is 2. The Bertz CT molecular complexity index is 967. The molecule has 1 aliphatic heterocycles. The molecule has 6 heteroatoms. The third kappa shape index (κ3) is 3.19. The van der Waals surface area contributed by atoms with Crippen LogP contribution >= 0.6 is 0 Å². The second kappa shape index (κ2) is 6.68. The van der Waals surface area contributed by atoms with E-state index in [-0.39, 0.29) is 5.91 Å². The Morgan fingerprint density at radius 2 is 1.84 bits per heavy atom. The first-order valence-electron chi connectivity index (χ1n) is 8.17. The van der Waals surface area contributed by atoms with Crippen LogP contribution in [0.15, 0.2) is 59.9 Å². The number of fused-ring (bicyclic) bond motifs is 2. The lowest BCUT2D eigenvalue weighted by atomic mass is 10.1. The summed E-state index contributed by atoms with van der Waals surface area (Å²) in [5, 5.41) is 6.19. The first-order chi connectivity index (χ1) is 12.3. The number of aromatic nitrogens is 2. The molecule has 0 saturated carbocycles. The fourth-order valence-corrected chi connectivity index (χ4v) is 2.85. The van der Waals surface area contributed by atoms with Crippen molar-refractivity contribution in [3.63, 3.8) is 0 Å². The van der Waals surface area contributed by atoms with Crippen LogP contribution in [0.5, 0.6) is 0 Å². The zero-order valence-electron chi connectivity index (χ0n) is 13.6. The minimum atomic E-state index is -0.122. The third-order valence-corrected chi connectivity index (χ3v) is 4.11. The molecule has 0 saturated heterocycles. The van der Waals surface area contributed by atoms with Gasteiger partial charge in [0.2, 0.25) is 0 Å². The molecule has 0 fully saturated rings. The summed E-state index contributed by atoms with van der Waals surface area (Å²) in [6.07, 6.45) is 3.26. The van der Waals surface area contributed by atoms with Crippen LogP contribution in [0.1, 0.15) is 21.5 Å². The Balaban J connectivity index is 1.32. The van der Waals surface area contributed by atoms with E-state index in [4.69, 9.17) is 0 Å². The normalized spacial score (nSPS) is 12.6. The van der Waals surface area contributed by atoms with Gasteiger partial charge < -0.3 is 10.6 Å². The molecule has 4 rings (SSSR count). The summed E-state index contributed by atoms with van der Waals surface area (Å²) in [6.45, 7) is 1.84. The second-order valence-electron chi connectivity index (χ2n) is 5.76. The van der Waals surface area contributed by atoms with Gasteiger partial charge in [0, 0.05) is 36.6 Å². The number of amidine groups is 1. The molecule has 0 aliphatic carbocycles. The highest BCUT2D eigenvalue weighted by atomic mass is 16.1. The smallest absolute Gasteiger partial charge is 0.251 e. The fraction of sp³-hybridized carbons (Fsp3) is 0.158. The molecule has 6 nitrogen and oxygen atoms in total. The van der Waals surface area contributed by atoms with E-state index in [1.54, 1.807) is 30.6 Å². The Morgan fingerprint density at radius 3 is 2.76 bits per heavy atom. The predicted molar refractivity (Wildman–Crippen MR) is 96.6 cm³/mol. The van der Waals surface area contributed by atoms with Gasteiger partial charge in [0.1, 0.15) is 5.84 Å². The molecular formula is C19H17N5O. The molecule has 0 radical (unpaired) electrons. The van der Waals surface area contributed by atoms with Crippen LogP contribution in [0.25, 0.3) is 11.0 Å². The molecular weight excluding hydrogens is 314 g/mol.